The Hall–Kier alpha value is -0.900. The monoisotopic (exact) mass is 156 g/mol. The molecule has 1 aromatic rings. The van der Waals surface area contributed by atoms with Crippen molar-refractivity contribution >= 4 is 17.0 Å². The quantitative estimate of drug-likeness (QED) is 0.381. The van der Waals surface area contributed by atoms with Crippen LogP contribution in [0.15, 0.2) is 10.7 Å². The van der Waals surface area contributed by atoms with Crippen LogP contribution in [0.1, 0.15) is 17.5 Å². The lowest BCUT2D eigenvalue weighted by atomic mass is 10.3. The molecule has 0 atom stereocenters. The van der Waals surface area contributed by atoms with Gasteiger partial charge in [-0.2, -0.15) is 0 Å². The molecule has 10 heavy (non-hydrogen) atoms. The van der Waals surface area contributed by atoms with Crippen molar-refractivity contribution in [2.24, 2.45) is 5.16 Å². The molecule has 0 spiro atoms. The van der Waals surface area contributed by atoms with Crippen LogP contribution < -0.4 is 0 Å². The number of hydrogen-bond acceptors (Lipinski definition) is 4. The summed E-state index contributed by atoms with van der Waals surface area (Å²) < 4.78 is 0. The van der Waals surface area contributed by atoms with Crippen molar-refractivity contribution < 1.29 is 5.21 Å². The molecule has 0 amide bonds. The first-order chi connectivity index (χ1) is 4.75. The summed E-state index contributed by atoms with van der Waals surface area (Å²) in [6.45, 7) is 3.64. The van der Waals surface area contributed by atoms with E-state index in [0.29, 0.717) is 5.71 Å². The molecule has 0 fully saturated rings. The van der Waals surface area contributed by atoms with E-state index in [-0.39, 0.29) is 0 Å². The van der Waals surface area contributed by atoms with Gasteiger partial charge in [-0.05, 0) is 13.8 Å². The molecular formula is C6H8N2OS. The Labute approximate surface area is 63.0 Å². The van der Waals surface area contributed by atoms with E-state index in [1.165, 1.54) is 11.3 Å². The average Bonchev–Trinajstić information content (AvgIpc) is 2.34. The van der Waals surface area contributed by atoms with Crippen LogP contribution in [0.2, 0.25) is 0 Å². The van der Waals surface area contributed by atoms with E-state index in [1.54, 1.807) is 12.4 Å². The smallest absolute Gasteiger partial charge is 0.0955 e. The van der Waals surface area contributed by atoms with Gasteiger partial charge in [0, 0.05) is 0 Å². The zero-order chi connectivity index (χ0) is 7.56. The van der Waals surface area contributed by atoms with Crippen molar-refractivity contribution in [2.45, 2.75) is 13.8 Å². The molecule has 4 heteroatoms. The summed E-state index contributed by atoms with van der Waals surface area (Å²) in [5.74, 6) is 0. The summed E-state index contributed by atoms with van der Waals surface area (Å²) in [4.78, 5) is 4.96. The lowest BCUT2D eigenvalue weighted by Gasteiger charge is -1.91. The number of thiazole rings is 1. The molecule has 0 radical (unpaired) electrons. The van der Waals surface area contributed by atoms with E-state index >= 15 is 0 Å². The van der Waals surface area contributed by atoms with Gasteiger partial charge >= 0.3 is 0 Å². The minimum absolute atomic E-state index is 0.625. The van der Waals surface area contributed by atoms with Crippen LogP contribution >= 0.6 is 11.3 Å². The fraction of sp³-hybridized carbons (Fsp3) is 0.333. The Kier molecular flexibility index (Phi) is 2.01. The number of nitrogens with zero attached hydrogens (tertiary/aromatic N) is 2. The van der Waals surface area contributed by atoms with Gasteiger partial charge in [-0.1, -0.05) is 5.16 Å². The van der Waals surface area contributed by atoms with Gasteiger partial charge in [-0.3, -0.25) is 0 Å². The first-order valence-corrected chi connectivity index (χ1v) is 3.72. The van der Waals surface area contributed by atoms with Crippen molar-refractivity contribution in [1.29, 1.82) is 0 Å². The summed E-state index contributed by atoms with van der Waals surface area (Å²) in [5.41, 5.74) is 3.28. The highest BCUT2D eigenvalue weighted by molar-refractivity contribution is 7.12. The Morgan fingerprint density at radius 3 is 2.90 bits per heavy atom. The summed E-state index contributed by atoms with van der Waals surface area (Å²) in [6, 6.07) is 0. The van der Waals surface area contributed by atoms with Gasteiger partial charge < -0.3 is 5.21 Å². The lowest BCUT2D eigenvalue weighted by molar-refractivity contribution is 0.319. The maximum absolute atomic E-state index is 8.40. The number of hydrogen-bond donors (Lipinski definition) is 1. The minimum atomic E-state index is 0.625. The molecule has 0 aliphatic carbocycles. The van der Waals surface area contributed by atoms with Crippen LogP contribution in [0.25, 0.3) is 0 Å². The first-order valence-electron chi connectivity index (χ1n) is 2.85. The van der Waals surface area contributed by atoms with Gasteiger partial charge in [-0.25, -0.2) is 4.98 Å². The zero-order valence-electron chi connectivity index (χ0n) is 5.83. The summed E-state index contributed by atoms with van der Waals surface area (Å²) in [7, 11) is 0. The van der Waals surface area contributed by atoms with E-state index in [9.17, 15) is 0 Å². The molecule has 0 saturated heterocycles. The highest BCUT2D eigenvalue weighted by atomic mass is 32.1. The number of aryl methyl sites for hydroxylation is 1. The second-order valence-electron chi connectivity index (χ2n) is 1.95. The molecule has 0 unspecified atom stereocenters. The Morgan fingerprint density at radius 1 is 1.80 bits per heavy atom. The third kappa shape index (κ3) is 1.16. The van der Waals surface area contributed by atoms with Crippen LogP contribution in [-0.4, -0.2) is 15.9 Å². The highest BCUT2D eigenvalue weighted by Gasteiger charge is 2.03. The fourth-order valence-corrected chi connectivity index (χ4v) is 1.45. The van der Waals surface area contributed by atoms with Crippen molar-refractivity contribution in [3.63, 3.8) is 0 Å². The molecule has 3 nitrogen and oxygen atoms in total. The molecular weight excluding hydrogens is 148 g/mol. The fourth-order valence-electron chi connectivity index (χ4n) is 0.695. The predicted molar refractivity (Wildman–Crippen MR) is 40.8 cm³/mol. The van der Waals surface area contributed by atoms with Crippen molar-refractivity contribution in [3.8, 4) is 0 Å². The van der Waals surface area contributed by atoms with Gasteiger partial charge in [0.1, 0.15) is 0 Å². The third-order valence-corrected chi connectivity index (χ3v) is 2.26. The highest BCUT2D eigenvalue weighted by Crippen LogP contribution is 2.12. The molecule has 1 heterocycles. The maximum Gasteiger partial charge on any atom is 0.0955 e. The van der Waals surface area contributed by atoms with Crippen LogP contribution in [0.4, 0.5) is 0 Å². The maximum atomic E-state index is 8.40. The molecule has 1 N–H and O–H groups in total. The van der Waals surface area contributed by atoms with Crippen molar-refractivity contribution in [2.75, 3.05) is 0 Å². The van der Waals surface area contributed by atoms with E-state index in [1.807, 2.05) is 6.92 Å². The van der Waals surface area contributed by atoms with Crippen molar-refractivity contribution in [3.05, 3.63) is 16.1 Å². The lowest BCUT2D eigenvalue weighted by Crippen LogP contribution is -1.92. The van der Waals surface area contributed by atoms with Gasteiger partial charge in [0.15, 0.2) is 0 Å². The summed E-state index contributed by atoms with van der Waals surface area (Å²) in [6.07, 6.45) is 0. The standard InChI is InChI=1S/C6H8N2OS/c1-4-6(5(2)8-9)10-3-7-4/h3,9H,1-2H3/b8-5-. The molecule has 0 aromatic carbocycles. The van der Waals surface area contributed by atoms with Gasteiger partial charge in [0.25, 0.3) is 0 Å². The van der Waals surface area contributed by atoms with Gasteiger partial charge in [-0.15, -0.1) is 11.3 Å². The normalized spacial score (nSPS) is 12.0. The molecule has 1 aromatic heterocycles. The largest absolute Gasteiger partial charge is 0.411 e. The SMILES string of the molecule is C/C(=N/O)c1scnc1C. The number of oxime groups is 1. The van der Waals surface area contributed by atoms with Crippen LogP contribution in [0, 0.1) is 6.92 Å². The van der Waals surface area contributed by atoms with E-state index in [2.05, 4.69) is 10.1 Å². The average molecular weight is 156 g/mol. The Bertz CT molecular complexity index is 254. The molecule has 54 valence electrons. The molecule has 0 bridgehead atoms. The minimum Gasteiger partial charge on any atom is -0.411 e. The van der Waals surface area contributed by atoms with Gasteiger partial charge in [0.05, 0.1) is 21.8 Å². The second kappa shape index (κ2) is 2.79. The molecule has 1 rings (SSSR count). The van der Waals surface area contributed by atoms with Crippen LogP contribution in [-0.2, 0) is 0 Å². The first kappa shape index (κ1) is 7.21. The topological polar surface area (TPSA) is 45.5 Å². The molecule has 0 saturated carbocycles. The van der Waals surface area contributed by atoms with E-state index in [4.69, 9.17) is 5.21 Å². The molecule has 0 aliphatic rings. The molecule has 0 aliphatic heterocycles. The van der Waals surface area contributed by atoms with E-state index < -0.39 is 0 Å². The van der Waals surface area contributed by atoms with Crippen LogP contribution in [0.5, 0.6) is 0 Å². The van der Waals surface area contributed by atoms with Crippen LogP contribution in [0.3, 0.4) is 0 Å². The Morgan fingerprint density at radius 2 is 2.50 bits per heavy atom. The third-order valence-electron chi connectivity index (χ3n) is 1.22. The number of rotatable bonds is 1. The zero-order valence-corrected chi connectivity index (χ0v) is 6.64. The number of aromatic nitrogens is 1. The van der Waals surface area contributed by atoms with Crippen molar-refractivity contribution in [1.82, 2.24) is 4.98 Å². The van der Waals surface area contributed by atoms with E-state index in [0.717, 1.165) is 10.6 Å². The predicted octanol–water partition coefficient (Wildman–Crippen LogP) is 1.65. The Balaban J connectivity index is 3.05. The summed E-state index contributed by atoms with van der Waals surface area (Å²) >= 11 is 1.48. The summed E-state index contributed by atoms with van der Waals surface area (Å²) in [5, 5.41) is 11.5. The van der Waals surface area contributed by atoms with Gasteiger partial charge in [0.2, 0.25) is 0 Å². The second-order valence-corrected chi connectivity index (χ2v) is 2.81.